The molecule has 130 valence electrons. The number of likely N-dealkylation sites (tertiary alicyclic amines) is 1. The molecule has 0 N–H and O–H groups in total. The van der Waals surface area contributed by atoms with Gasteiger partial charge >= 0.3 is 0 Å². The molecular formula is C20H23N3O2. The van der Waals surface area contributed by atoms with Gasteiger partial charge in [0, 0.05) is 36.3 Å². The Labute approximate surface area is 147 Å². The molecule has 3 aromatic rings. The number of rotatable bonds is 3. The van der Waals surface area contributed by atoms with E-state index in [1.807, 2.05) is 30.4 Å². The van der Waals surface area contributed by atoms with Crippen molar-refractivity contribution in [1.29, 1.82) is 0 Å². The van der Waals surface area contributed by atoms with E-state index in [2.05, 4.69) is 25.0 Å². The van der Waals surface area contributed by atoms with Crippen molar-refractivity contribution in [3.05, 3.63) is 53.0 Å². The van der Waals surface area contributed by atoms with Gasteiger partial charge in [0.05, 0.1) is 24.9 Å². The number of furan rings is 1. The van der Waals surface area contributed by atoms with Crippen LogP contribution in [0.1, 0.15) is 41.1 Å². The number of fused-ring (bicyclic) bond motifs is 1. The molecule has 1 amide bonds. The Bertz CT molecular complexity index is 938. The second-order valence-corrected chi connectivity index (χ2v) is 7.06. The minimum Gasteiger partial charge on any atom is -0.464 e. The molecule has 0 aliphatic carbocycles. The molecule has 1 atom stereocenters. The third-order valence-electron chi connectivity index (χ3n) is 5.29. The van der Waals surface area contributed by atoms with Crippen LogP contribution >= 0.6 is 0 Å². The predicted octanol–water partition coefficient (Wildman–Crippen LogP) is 3.69. The van der Waals surface area contributed by atoms with Gasteiger partial charge in [-0.15, -0.1) is 0 Å². The summed E-state index contributed by atoms with van der Waals surface area (Å²) in [5, 5.41) is 5.30. The largest absolute Gasteiger partial charge is 0.464 e. The van der Waals surface area contributed by atoms with Crippen molar-refractivity contribution in [3.8, 4) is 0 Å². The number of hydrogen-bond acceptors (Lipinski definition) is 3. The molecule has 3 heterocycles. The lowest BCUT2D eigenvalue weighted by molar-refractivity contribution is -0.131. The number of carbonyl (C=O) groups is 1. The van der Waals surface area contributed by atoms with Crippen molar-refractivity contribution in [2.75, 3.05) is 6.54 Å². The molecule has 1 saturated heterocycles. The minimum absolute atomic E-state index is 0.142. The highest BCUT2D eigenvalue weighted by Crippen LogP contribution is 2.33. The highest BCUT2D eigenvalue weighted by atomic mass is 16.3. The van der Waals surface area contributed by atoms with Crippen LogP contribution in [0.25, 0.3) is 11.0 Å². The molecule has 0 radical (unpaired) electrons. The normalized spacial score (nSPS) is 17.6. The third kappa shape index (κ3) is 2.84. The number of aryl methyl sites for hydroxylation is 3. The fourth-order valence-electron chi connectivity index (χ4n) is 3.76. The summed E-state index contributed by atoms with van der Waals surface area (Å²) in [6, 6.07) is 4.31. The molecule has 4 rings (SSSR count). The van der Waals surface area contributed by atoms with Gasteiger partial charge in [-0.1, -0.05) is 0 Å². The summed E-state index contributed by atoms with van der Waals surface area (Å²) in [4.78, 5) is 15.0. The quantitative estimate of drug-likeness (QED) is 0.732. The lowest BCUT2D eigenvalue weighted by Gasteiger charge is -2.23. The number of carbonyl (C=O) groups excluding carboxylic acids is 1. The Morgan fingerprint density at radius 3 is 2.88 bits per heavy atom. The van der Waals surface area contributed by atoms with Crippen LogP contribution in [-0.4, -0.2) is 27.1 Å². The van der Waals surface area contributed by atoms with Crippen molar-refractivity contribution in [2.45, 2.75) is 39.2 Å². The molecule has 5 heteroatoms. The van der Waals surface area contributed by atoms with Gasteiger partial charge in [0.1, 0.15) is 5.58 Å². The second kappa shape index (κ2) is 6.06. The summed E-state index contributed by atoms with van der Waals surface area (Å²) < 4.78 is 7.48. The van der Waals surface area contributed by atoms with Crippen LogP contribution in [0.2, 0.25) is 0 Å². The Kier molecular flexibility index (Phi) is 3.86. The second-order valence-electron chi connectivity index (χ2n) is 7.06. The van der Waals surface area contributed by atoms with Gasteiger partial charge in [-0.05, 0) is 49.9 Å². The van der Waals surface area contributed by atoms with Gasteiger partial charge in [-0.2, -0.15) is 5.10 Å². The van der Waals surface area contributed by atoms with E-state index < -0.39 is 0 Å². The van der Waals surface area contributed by atoms with E-state index in [-0.39, 0.29) is 11.9 Å². The molecule has 1 aliphatic heterocycles. The van der Waals surface area contributed by atoms with Crippen molar-refractivity contribution >= 4 is 16.9 Å². The zero-order valence-electron chi connectivity index (χ0n) is 15.0. The molecule has 0 spiro atoms. The maximum absolute atomic E-state index is 13.0. The van der Waals surface area contributed by atoms with E-state index in [1.54, 1.807) is 10.9 Å². The fourth-order valence-corrected chi connectivity index (χ4v) is 3.76. The summed E-state index contributed by atoms with van der Waals surface area (Å²) in [6.45, 7) is 4.98. The SMILES string of the molecule is Cc1cc2occ(CC(=O)N3CCC[C@H]3c3cnn(C)c3)c2cc1C. The van der Waals surface area contributed by atoms with Crippen LogP contribution in [0.5, 0.6) is 0 Å². The first-order valence-electron chi connectivity index (χ1n) is 8.78. The Morgan fingerprint density at radius 1 is 1.32 bits per heavy atom. The van der Waals surface area contributed by atoms with Crippen LogP contribution in [0, 0.1) is 13.8 Å². The molecule has 1 fully saturated rings. The van der Waals surface area contributed by atoms with Gasteiger partial charge in [0.15, 0.2) is 0 Å². The maximum Gasteiger partial charge on any atom is 0.227 e. The summed E-state index contributed by atoms with van der Waals surface area (Å²) in [7, 11) is 1.91. The summed E-state index contributed by atoms with van der Waals surface area (Å²) in [5.74, 6) is 0.160. The summed E-state index contributed by atoms with van der Waals surface area (Å²) in [6.07, 6.45) is 8.03. The average Bonchev–Trinajstić information content (AvgIpc) is 3.29. The smallest absolute Gasteiger partial charge is 0.227 e. The molecule has 0 bridgehead atoms. The Balaban J connectivity index is 1.58. The first-order chi connectivity index (χ1) is 12.0. The Hall–Kier alpha value is -2.56. The standard InChI is InChI=1S/C20H23N3O2/c1-13-7-17-15(12-25-19(17)8-14(13)2)9-20(24)23-6-4-5-18(23)16-10-21-22(3)11-16/h7-8,10-12,18H,4-6,9H2,1-3H3/t18-/m0/s1. The van der Waals surface area contributed by atoms with Crippen LogP contribution in [0.3, 0.4) is 0 Å². The Morgan fingerprint density at radius 2 is 2.12 bits per heavy atom. The molecule has 0 saturated carbocycles. The van der Waals surface area contributed by atoms with E-state index in [1.165, 1.54) is 11.1 Å². The fraction of sp³-hybridized carbons (Fsp3) is 0.400. The zero-order valence-corrected chi connectivity index (χ0v) is 15.0. The predicted molar refractivity (Wildman–Crippen MR) is 96.3 cm³/mol. The lowest BCUT2D eigenvalue weighted by Crippen LogP contribution is -2.31. The van der Waals surface area contributed by atoms with Crippen molar-refractivity contribution in [3.63, 3.8) is 0 Å². The first-order valence-corrected chi connectivity index (χ1v) is 8.78. The van der Waals surface area contributed by atoms with Crippen LogP contribution in [-0.2, 0) is 18.3 Å². The number of aromatic nitrogens is 2. The topological polar surface area (TPSA) is 51.3 Å². The van der Waals surface area contributed by atoms with Crippen LogP contribution < -0.4 is 0 Å². The summed E-state index contributed by atoms with van der Waals surface area (Å²) >= 11 is 0. The highest BCUT2D eigenvalue weighted by molar-refractivity contribution is 5.88. The molecule has 2 aromatic heterocycles. The van der Waals surface area contributed by atoms with Crippen molar-refractivity contribution < 1.29 is 9.21 Å². The molecular weight excluding hydrogens is 314 g/mol. The van der Waals surface area contributed by atoms with E-state index in [9.17, 15) is 4.79 Å². The van der Waals surface area contributed by atoms with Gasteiger partial charge in [-0.25, -0.2) is 0 Å². The minimum atomic E-state index is 0.142. The molecule has 0 unspecified atom stereocenters. The lowest BCUT2D eigenvalue weighted by atomic mass is 10.0. The van der Waals surface area contributed by atoms with Crippen LogP contribution in [0.15, 0.2) is 35.2 Å². The van der Waals surface area contributed by atoms with Gasteiger partial charge < -0.3 is 9.32 Å². The van der Waals surface area contributed by atoms with Crippen molar-refractivity contribution in [1.82, 2.24) is 14.7 Å². The number of benzene rings is 1. The molecule has 5 nitrogen and oxygen atoms in total. The zero-order chi connectivity index (χ0) is 17.6. The van der Waals surface area contributed by atoms with E-state index in [0.717, 1.165) is 41.5 Å². The van der Waals surface area contributed by atoms with Gasteiger partial charge in [0.2, 0.25) is 5.91 Å². The number of nitrogens with zero attached hydrogens (tertiary/aromatic N) is 3. The third-order valence-corrected chi connectivity index (χ3v) is 5.29. The van der Waals surface area contributed by atoms with Crippen molar-refractivity contribution in [2.24, 2.45) is 7.05 Å². The molecule has 1 aromatic carbocycles. The van der Waals surface area contributed by atoms with E-state index in [0.29, 0.717) is 6.42 Å². The monoisotopic (exact) mass is 337 g/mol. The molecule has 1 aliphatic rings. The maximum atomic E-state index is 13.0. The first kappa shape index (κ1) is 15.9. The van der Waals surface area contributed by atoms with Crippen LogP contribution in [0.4, 0.5) is 0 Å². The molecule has 25 heavy (non-hydrogen) atoms. The van der Waals surface area contributed by atoms with E-state index >= 15 is 0 Å². The average molecular weight is 337 g/mol. The number of amides is 1. The van der Waals surface area contributed by atoms with E-state index in [4.69, 9.17) is 4.42 Å². The van der Waals surface area contributed by atoms with Gasteiger partial charge in [-0.3, -0.25) is 9.48 Å². The number of hydrogen-bond donors (Lipinski definition) is 0. The van der Waals surface area contributed by atoms with Gasteiger partial charge in [0.25, 0.3) is 0 Å². The summed E-state index contributed by atoms with van der Waals surface area (Å²) in [5.41, 5.74) is 5.38. The highest BCUT2D eigenvalue weighted by Gasteiger charge is 2.31.